The van der Waals surface area contributed by atoms with Crippen LogP contribution in [0.15, 0.2) is 67.1 Å². The lowest BCUT2D eigenvalue weighted by molar-refractivity contribution is 0.324. The highest BCUT2D eigenvalue weighted by Crippen LogP contribution is 2.40. The smallest absolute Gasteiger partial charge is 0.203 e. The number of pyridine rings is 1. The molecule has 32 heavy (non-hydrogen) atoms. The molecule has 0 unspecified atom stereocenters. The number of rotatable bonds is 6. The van der Waals surface area contributed by atoms with Gasteiger partial charge in [-0.1, -0.05) is 24.3 Å². The molecule has 0 spiro atoms. The van der Waals surface area contributed by atoms with Gasteiger partial charge in [-0.2, -0.15) is 5.10 Å². The molecule has 0 saturated carbocycles. The number of para-hydroxylation sites is 1. The minimum atomic E-state index is 0. The number of aromatic nitrogens is 4. The van der Waals surface area contributed by atoms with Crippen molar-refractivity contribution in [3.8, 4) is 28.4 Å². The SMILES string of the molecule is COc1cc(Nc2ccn3ncc(-c4cccc5cccnc45)c3n2)cc(OC)c1OC.[HH]. The zero-order chi connectivity index (χ0) is 22.1. The summed E-state index contributed by atoms with van der Waals surface area (Å²) >= 11 is 0. The van der Waals surface area contributed by atoms with Crippen molar-refractivity contribution in [1.82, 2.24) is 19.6 Å². The molecule has 3 aromatic heterocycles. The van der Waals surface area contributed by atoms with Crippen LogP contribution in [0.2, 0.25) is 0 Å². The lowest BCUT2D eigenvalue weighted by atomic mass is 10.0. The van der Waals surface area contributed by atoms with Crippen LogP contribution in [0.25, 0.3) is 27.7 Å². The zero-order valence-electron chi connectivity index (χ0n) is 17.9. The van der Waals surface area contributed by atoms with Crippen molar-refractivity contribution in [2.75, 3.05) is 26.6 Å². The van der Waals surface area contributed by atoms with Gasteiger partial charge in [-0.3, -0.25) is 4.98 Å². The van der Waals surface area contributed by atoms with Crippen LogP contribution in [-0.4, -0.2) is 40.9 Å². The quantitative estimate of drug-likeness (QED) is 0.408. The average molecular weight is 429 g/mol. The Hall–Kier alpha value is -4.33. The van der Waals surface area contributed by atoms with Gasteiger partial charge in [-0.05, 0) is 12.1 Å². The molecule has 5 rings (SSSR count). The second-order valence-electron chi connectivity index (χ2n) is 7.06. The van der Waals surface area contributed by atoms with Crippen LogP contribution in [0.4, 0.5) is 11.5 Å². The molecule has 0 aliphatic rings. The third-order valence-electron chi connectivity index (χ3n) is 5.23. The summed E-state index contributed by atoms with van der Waals surface area (Å²) in [6, 6.07) is 15.6. The molecule has 0 aliphatic carbocycles. The van der Waals surface area contributed by atoms with Crippen molar-refractivity contribution >= 4 is 28.1 Å². The Balaban J connectivity index is 0.00000259. The van der Waals surface area contributed by atoms with E-state index in [4.69, 9.17) is 19.2 Å². The first-order valence-electron chi connectivity index (χ1n) is 9.97. The number of hydrogen-bond acceptors (Lipinski definition) is 7. The minimum absolute atomic E-state index is 0. The molecule has 8 heteroatoms. The number of anilines is 2. The standard InChI is InChI=1S/C24H21N5O3.H2/c1-30-19-12-16(13-20(31-2)23(19)32-3)27-21-9-11-29-24(28-21)18(14-26-29)17-8-4-6-15-7-5-10-25-22(15)17;/h4-14H,1-3H3,(H,27,28);1H. The van der Waals surface area contributed by atoms with E-state index in [0.29, 0.717) is 23.1 Å². The highest BCUT2D eigenvalue weighted by Gasteiger charge is 2.15. The highest BCUT2D eigenvalue weighted by atomic mass is 16.5. The fourth-order valence-corrected chi connectivity index (χ4v) is 3.75. The first-order chi connectivity index (χ1) is 15.7. The summed E-state index contributed by atoms with van der Waals surface area (Å²) in [6.07, 6.45) is 5.47. The maximum Gasteiger partial charge on any atom is 0.203 e. The molecular formula is C24H23N5O3. The van der Waals surface area contributed by atoms with Crippen LogP contribution in [0.3, 0.4) is 0 Å². The Bertz CT molecular complexity index is 1410. The fraction of sp³-hybridized carbons (Fsp3) is 0.125. The van der Waals surface area contributed by atoms with Crippen LogP contribution in [-0.2, 0) is 0 Å². The molecular weight excluding hydrogens is 406 g/mol. The second-order valence-corrected chi connectivity index (χ2v) is 7.06. The van der Waals surface area contributed by atoms with Gasteiger partial charge in [-0.25, -0.2) is 9.50 Å². The molecule has 5 aromatic rings. The molecule has 0 fully saturated rings. The van der Waals surface area contributed by atoms with Gasteiger partial charge in [0.2, 0.25) is 5.75 Å². The molecule has 162 valence electrons. The summed E-state index contributed by atoms with van der Waals surface area (Å²) in [7, 11) is 4.75. The summed E-state index contributed by atoms with van der Waals surface area (Å²) in [5, 5.41) is 8.85. The predicted octanol–water partition coefficient (Wildman–Crippen LogP) is 4.96. The molecule has 3 heterocycles. The Kier molecular flexibility index (Phi) is 4.95. The number of ether oxygens (including phenoxy) is 3. The van der Waals surface area contributed by atoms with Crippen LogP contribution in [0, 0.1) is 0 Å². The zero-order valence-corrected chi connectivity index (χ0v) is 17.9. The van der Waals surface area contributed by atoms with Gasteiger partial charge in [0, 0.05) is 48.2 Å². The van der Waals surface area contributed by atoms with Crippen molar-refractivity contribution in [1.29, 1.82) is 0 Å². The van der Waals surface area contributed by atoms with E-state index in [0.717, 1.165) is 33.4 Å². The second kappa shape index (κ2) is 8.07. The molecule has 0 atom stereocenters. The largest absolute Gasteiger partial charge is 0.493 e. The number of hydrogen-bond donors (Lipinski definition) is 1. The maximum atomic E-state index is 5.45. The van der Waals surface area contributed by atoms with E-state index in [1.807, 2.05) is 60.9 Å². The summed E-state index contributed by atoms with van der Waals surface area (Å²) in [6.45, 7) is 0. The lowest BCUT2D eigenvalue weighted by Crippen LogP contribution is -2.00. The normalized spacial score (nSPS) is 11.0. The van der Waals surface area contributed by atoms with Crippen molar-refractivity contribution < 1.29 is 15.6 Å². The van der Waals surface area contributed by atoms with Crippen LogP contribution in [0.1, 0.15) is 1.43 Å². The van der Waals surface area contributed by atoms with Crippen LogP contribution < -0.4 is 19.5 Å². The Morgan fingerprint density at radius 2 is 1.69 bits per heavy atom. The number of benzene rings is 2. The third kappa shape index (κ3) is 3.31. The summed E-state index contributed by atoms with van der Waals surface area (Å²) in [5.74, 6) is 2.30. The van der Waals surface area contributed by atoms with Gasteiger partial charge in [-0.15, -0.1) is 0 Å². The van der Waals surface area contributed by atoms with E-state index in [9.17, 15) is 0 Å². The van der Waals surface area contributed by atoms with E-state index >= 15 is 0 Å². The number of nitrogens with one attached hydrogen (secondary N) is 1. The molecule has 0 amide bonds. The van der Waals surface area contributed by atoms with Crippen molar-refractivity contribution in [3.05, 3.63) is 67.1 Å². The monoisotopic (exact) mass is 429 g/mol. The molecule has 1 N–H and O–H groups in total. The topological polar surface area (TPSA) is 82.8 Å². The molecule has 2 aromatic carbocycles. The lowest BCUT2D eigenvalue weighted by Gasteiger charge is -2.15. The molecule has 8 nitrogen and oxygen atoms in total. The van der Waals surface area contributed by atoms with Crippen molar-refractivity contribution in [2.45, 2.75) is 0 Å². The number of methoxy groups -OCH3 is 3. The van der Waals surface area contributed by atoms with Gasteiger partial charge in [0.1, 0.15) is 5.82 Å². The first kappa shape index (κ1) is 19.6. The summed E-state index contributed by atoms with van der Waals surface area (Å²) < 4.78 is 18.0. The first-order valence-corrected chi connectivity index (χ1v) is 9.97. The molecule has 0 radical (unpaired) electrons. The molecule has 0 saturated heterocycles. The molecule has 0 bridgehead atoms. The van der Waals surface area contributed by atoms with Gasteiger partial charge in [0.05, 0.1) is 33.0 Å². The van der Waals surface area contributed by atoms with Gasteiger partial charge < -0.3 is 19.5 Å². The van der Waals surface area contributed by atoms with E-state index in [1.54, 1.807) is 32.0 Å². The fourth-order valence-electron chi connectivity index (χ4n) is 3.75. The number of fused-ring (bicyclic) bond motifs is 2. The summed E-state index contributed by atoms with van der Waals surface area (Å²) in [4.78, 5) is 9.38. The number of nitrogens with zero attached hydrogens (tertiary/aromatic N) is 4. The maximum absolute atomic E-state index is 5.45. The van der Waals surface area contributed by atoms with Crippen LogP contribution >= 0.6 is 0 Å². The molecule has 0 aliphatic heterocycles. The predicted molar refractivity (Wildman–Crippen MR) is 125 cm³/mol. The van der Waals surface area contributed by atoms with E-state index in [2.05, 4.69) is 15.4 Å². The van der Waals surface area contributed by atoms with Gasteiger partial charge in [0.25, 0.3) is 0 Å². The Morgan fingerprint density at radius 1 is 0.906 bits per heavy atom. The van der Waals surface area contributed by atoms with E-state index in [1.165, 1.54) is 0 Å². The van der Waals surface area contributed by atoms with Gasteiger partial charge in [0.15, 0.2) is 17.1 Å². The summed E-state index contributed by atoms with van der Waals surface area (Å²) in [5.41, 5.74) is 4.28. The van der Waals surface area contributed by atoms with Crippen molar-refractivity contribution in [3.63, 3.8) is 0 Å². The Morgan fingerprint density at radius 3 is 2.44 bits per heavy atom. The Labute approximate surface area is 185 Å². The van der Waals surface area contributed by atoms with Crippen LogP contribution in [0.5, 0.6) is 17.2 Å². The van der Waals surface area contributed by atoms with E-state index < -0.39 is 0 Å². The minimum Gasteiger partial charge on any atom is -0.493 e. The third-order valence-corrected chi connectivity index (χ3v) is 5.23. The average Bonchev–Trinajstić information content (AvgIpc) is 3.26. The van der Waals surface area contributed by atoms with Crippen molar-refractivity contribution in [2.24, 2.45) is 0 Å². The highest BCUT2D eigenvalue weighted by molar-refractivity contribution is 5.97. The van der Waals surface area contributed by atoms with E-state index in [-0.39, 0.29) is 1.43 Å². The van der Waals surface area contributed by atoms with Gasteiger partial charge >= 0.3 is 0 Å².